The molecule has 0 amide bonds. The maximum Gasteiger partial charge on any atom is 0.415 e. The van der Waals surface area contributed by atoms with Gasteiger partial charge in [-0.3, -0.25) is 4.39 Å². The topological polar surface area (TPSA) is 9.23 Å². The molecule has 0 N–H and O–H groups in total. The van der Waals surface area contributed by atoms with Gasteiger partial charge in [-0.2, -0.15) is 18.1 Å². The lowest BCUT2D eigenvalue weighted by atomic mass is 10.6. The van der Waals surface area contributed by atoms with Crippen molar-refractivity contribution in [3.63, 3.8) is 0 Å². The summed E-state index contributed by atoms with van der Waals surface area (Å²) in [7, 11) is 0.725. The van der Waals surface area contributed by atoms with Crippen LogP contribution in [0.15, 0.2) is 0 Å². The van der Waals surface area contributed by atoms with Gasteiger partial charge in [0.05, 0.1) is 7.18 Å². The largest absolute Gasteiger partial charge is 0.415 e. The van der Waals surface area contributed by atoms with Gasteiger partial charge in [0.25, 0.3) is 0 Å². The van der Waals surface area contributed by atoms with Gasteiger partial charge in [-0.05, 0) is 4.53 Å². The first kappa shape index (κ1) is 23.2. The van der Waals surface area contributed by atoms with Crippen LogP contribution in [-0.4, -0.2) is 38.3 Å². The Morgan fingerprint density at radius 2 is 1.61 bits per heavy atom. The Morgan fingerprint density at radius 1 is 1.11 bits per heavy atom. The standard InChI is InChI=1S/C7H20Si2.C2H2F4O.CH3F/c1-4-5-8-6-7-9(2)3;3-2(4,5)1-7-6;1-2/h9H,4-8H2,1-3H3;1H2;1H3. The molecule has 0 heterocycles. The molecule has 0 saturated carbocycles. The normalized spacial score (nSPS) is 11.0. The van der Waals surface area contributed by atoms with E-state index in [2.05, 4.69) is 25.0 Å². The van der Waals surface area contributed by atoms with Crippen LogP contribution < -0.4 is 0 Å². The van der Waals surface area contributed by atoms with Crippen molar-refractivity contribution in [2.75, 3.05) is 13.8 Å². The van der Waals surface area contributed by atoms with Crippen LogP contribution in [0.1, 0.15) is 13.3 Å². The van der Waals surface area contributed by atoms with E-state index in [9.17, 15) is 22.1 Å². The summed E-state index contributed by atoms with van der Waals surface area (Å²) in [5, 5.41) is 0. The van der Waals surface area contributed by atoms with Crippen LogP contribution in [0.4, 0.5) is 22.1 Å². The van der Waals surface area contributed by atoms with Crippen molar-refractivity contribution in [3.05, 3.63) is 0 Å². The van der Waals surface area contributed by atoms with Crippen LogP contribution in [-0.2, 0) is 4.94 Å². The molecule has 1 nitrogen and oxygen atoms in total. The third-order valence-corrected chi connectivity index (χ3v) is 6.35. The number of hydrogen-bond acceptors (Lipinski definition) is 1. The fourth-order valence-electron chi connectivity index (χ4n) is 1.04. The van der Waals surface area contributed by atoms with Crippen LogP contribution in [0.3, 0.4) is 0 Å². The summed E-state index contributed by atoms with van der Waals surface area (Å²) < 4.78 is 51.8. The maximum atomic E-state index is 10.7. The van der Waals surface area contributed by atoms with Crippen molar-refractivity contribution >= 4 is 18.3 Å². The van der Waals surface area contributed by atoms with E-state index >= 15 is 0 Å². The highest BCUT2D eigenvalue weighted by Gasteiger charge is 2.27. The van der Waals surface area contributed by atoms with Crippen LogP contribution in [0.5, 0.6) is 0 Å². The van der Waals surface area contributed by atoms with E-state index in [1.807, 2.05) is 0 Å². The lowest BCUT2D eigenvalue weighted by Gasteiger charge is -1.99. The van der Waals surface area contributed by atoms with Gasteiger partial charge >= 0.3 is 6.18 Å². The molecule has 0 rings (SSSR count). The lowest BCUT2D eigenvalue weighted by molar-refractivity contribution is -0.245. The van der Waals surface area contributed by atoms with E-state index in [0.29, 0.717) is 16.7 Å². The second-order valence-corrected chi connectivity index (χ2v) is 9.60. The highest BCUT2D eigenvalue weighted by atomic mass is 28.3. The zero-order chi connectivity index (χ0) is 15.0. The number of rotatable bonds is 6. The molecule has 18 heavy (non-hydrogen) atoms. The summed E-state index contributed by atoms with van der Waals surface area (Å²) in [5.41, 5.74) is 0. The minimum atomic E-state index is -4.55. The highest BCUT2D eigenvalue weighted by molar-refractivity contribution is 6.57. The first-order chi connectivity index (χ1) is 8.33. The van der Waals surface area contributed by atoms with Crippen LogP contribution >= 0.6 is 0 Å². The molecule has 0 atom stereocenters. The average Bonchev–Trinajstić information content (AvgIpc) is 2.26. The second-order valence-electron chi connectivity index (χ2n) is 4.11. The van der Waals surface area contributed by atoms with Crippen molar-refractivity contribution in [3.8, 4) is 0 Å². The summed E-state index contributed by atoms with van der Waals surface area (Å²) in [4.78, 5) is 2.28. The van der Waals surface area contributed by atoms with Gasteiger partial charge < -0.3 is 0 Å². The number of hydrogen-bond donors (Lipinski definition) is 0. The zero-order valence-electron chi connectivity index (χ0n) is 11.6. The Bertz CT molecular complexity index is 145. The molecule has 0 aromatic carbocycles. The molecular formula is C10H25F5OSi2. The molecule has 8 heteroatoms. The number of alkyl halides is 4. The molecule has 0 fully saturated rings. The van der Waals surface area contributed by atoms with Gasteiger partial charge in [-0.1, -0.05) is 44.6 Å². The molecule has 0 unspecified atom stereocenters. The minimum Gasteiger partial charge on any atom is -0.255 e. The molecule has 0 aliphatic rings. The van der Waals surface area contributed by atoms with E-state index in [4.69, 9.17) is 0 Å². The van der Waals surface area contributed by atoms with Crippen molar-refractivity contribution in [1.29, 1.82) is 0 Å². The van der Waals surface area contributed by atoms with Gasteiger partial charge in [-0.15, -0.1) is 0 Å². The highest BCUT2D eigenvalue weighted by Crippen LogP contribution is 2.13. The fraction of sp³-hybridized carbons (Fsp3) is 1.00. The Hall–Kier alpha value is 0.0438. The van der Waals surface area contributed by atoms with Gasteiger partial charge in [0, 0.05) is 18.3 Å². The van der Waals surface area contributed by atoms with Gasteiger partial charge in [0.2, 0.25) is 0 Å². The van der Waals surface area contributed by atoms with Crippen molar-refractivity contribution in [2.24, 2.45) is 0 Å². The third kappa shape index (κ3) is 36.0. The zero-order valence-corrected chi connectivity index (χ0v) is 14.2. The molecule has 0 aliphatic heterocycles. The third-order valence-electron chi connectivity index (χ3n) is 1.85. The summed E-state index contributed by atoms with van der Waals surface area (Å²) in [6.45, 7) is 5.40. The summed E-state index contributed by atoms with van der Waals surface area (Å²) in [6.07, 6.45) is -3.11. The van der Waals surface area contributed by atoms with E-state index in [1.54, 1.807) is 18.1 Å². The summed E-state index contributed by atoms with van der Waals surface area (Å²) in [5.74, 6) is 0. The monoisotopic (exact) mass is 312 g/mol. The van der Waals surface area contributed by atoms with Crippen molar-refractivity contribution in [1.82, 2.24) is 0 Å². The molecule has 0 aromatic heterocycles. The molecular weight excluding hydrogens is 287 g/mol. The van der Waals surface area contributed by atoms with Gasteiger partial charge in [-0.25, -0.2) is 0 Å². The van der Waals surface area contributed by atoms with Gasteiger partial charge in [0.15, 0.2) is 6.61 Å². The lowest BCUT2D eigenvalue weighted by Crippen LogP contribution is -2.13. The Kier molecular flexibility index (Phi) is 21.9. The summed E-state index contributed by atoms with van der Waals surface area (Å²) >= 11 is 0. The molecule has 0 radical (unpaired) electrons. The smallest absolute Gasteiger partial charge is 0.255 e. The predicted molar refractivity (Wildman–Crippen MR) is 72.3 cm³/mol. The van der Waals surface area contributed by atoms with Crippen LogP contribution in [0.2, 0.25) is 31.2 Å². The Balaban J connectivity index is -0.000000225. The molecule has 0 aromatic rings. The molecule has 114 valence electrons. The SMILES string of the molecule is CCC[SiH2]CC[SiH](C)C.CF.FOCC(F)(F)F. The molecule has 0 aliphatic carbocycles. The Morgan fingerprint density at radius 3 is 1.83 bits per heavy atom. The Labute approximate surface area is 110 Å². The molecule has 0 saturated heterocycles. The molecule has 0 spiro atoms. The van der Waals surface area contributed by atoms with Crippen LogP contribution in [0.25, 0.3) is 0 Å². The first-order valence-electron chi connectivity index (χ1n) is 6.01. The van der Waals surface area contributed by atoms with E-state index in [0.717, 1.165) is 0 Å². The predicted octanol–water partition coefficient (Wildman–Crippen LogP) is 3.92. The quantitative estimate of drug-likeness (QED) is 0.410. The van der Waals surface area contributed by atoms with Crippen molar-refractivity contribution in [2.45, 2.75) is 50.7 Å². The fourth-order valence-corrected chi connectivity index (χ4v) is 6.32. The maximum absolute atomic E-state index is 10.7. The van der Waals surface area contributed by atoms with E-state index in [1.165, 1.54) is 6.42 Å². The van der Waals surface area contributed by atoms with E-state index in [-0.39, 0.29) is 8.80 Å². The second kappa shape index (κ2) is 17.0. The van der Waals surface area contributed by atoms with E-state index < -0.39 is 12.8 Å². The van der Waals surface area contributed by atoms with Crippen molar-refractivity contribution < 1.29 is 27.0 Å². The molecule has 0 bridgehead atoms. The minimum absolute atomic E-state index is 0.178. The first-order valence-corrected chi connectivity index (χ1v) is 11.1. The summed E-state index contributed by atoms with van der Waals surface area (Å²) in [6, 6.07) is 4.84. The van der Waals surface area contributed by atoms with Gasteiger partial charge in [0.1, 0.15) is 0 Å². The number of halogens is 5. The van der Waals surface area contributed by atoms with Crippen LogP contribution in [0, 0.1) is 0 Å². The average molecular weight is 312 g/mol.